The quantitative estimate of drug-likeness (QED) is 0.848. The predicted octanol–water partition coefficient (Wildman–Crippen LogP) is 3.37. The smallest absolute Gasteiger partial charge is 0.335 e. The molecule has 0 aromatic heterocycles. The van der Waals surface area contributed by atoms with Gasteiger partial charge in [0.15, 0.2) is 0 Å². The second-order valence-corrected chi connectivity index (χ2v) is 4.39. The molecule has 0 spiro atoms. The van der Waals surface area contributed by atoms with Gasteiger partial charge in [0.05, 0.1) is 5.56 Å². The summed E-state index contributed by atoms with van der Waals surface area (Å²) in [7, 11) is 0. The lowest BCUT2D eigenvalue weighted by atomic mass is 9.97. The van der Waals surface area contributed by atoms with Crippen molar-refractivity contribution < 1.29 is 15.0 Å². The average molecular weight is 242 g/mol. The molecule has 0 saturated heterocycles. The molecule has 3 heteroatoms. The molecule has 0 saturated carbocycles. The van der Waals surface area contributed by atoms with Crippen LogP contribution in [-0.4, -0.2) is 16.2 Å². The fourth-order valence-electron chi connectivity index (χ4n) is 1.94. The first kappa shape index (κ1) is 12.2. The number of rotatable bonds is 2. The van der Waals surface area contributed by atoms with Crippen LogP contribution in [0.5, 0.6) is 5.75 Å². The summed E-state index contributed by atoms with van der Waals surface area (Å²) < 4.78 is 0. The van der Waals surface area contributed by atoms with Crippen molar-refractivity contribution in [2.45, 2.75) is 13.8 Å². The third kappa shape index (κ3) is 2.35. The van der Waals surface area contributed by atoms with Crippen LogP contribution in [0.15, 0.2) is 36.4 Å². The molecule has 0 amide bonds. The molecule has 18 heavy (non-hydrogen) atoms. The molecule has 0 aliphatic carbocycles. The highest BCUT2D eigenvalue weighted by Crippen LogP contribution is 2.28. The number of carboxylic acid groups (broad SMARTS) is 1. The van der Waals surface area contributed by atoms with Gasteiger partial charge in [-0.2, -0.15) is 0 Å². The average Bonchev–Trinajstić information content (AvgIpc) is 2.31. The highest BCUT2D eigenvalue weighted by molar-refractivity contribution is 5.90. The van der Waals surface area contributed by atoms with Crippen LogP contribution in [0.4, 0.5) is 0 Å². The van der Waals surface area contributed by atoms with Crippen molar-refractivity contribution in [3.8, 4) is 16.9 Å². The van der Waals surface area contributed by atoms with Crippen molar-refractivity contribution in [2.75, 3.05) is 0 Å². The SMILES string of the molecule is Cc1ccc(C)c(-c2cc(O)cc(C(=O)O)c2)c1. The Hall–Kier alpha value is -2.29. The minimum atomic E-state index is -1.04. The van der Waals surface area contributed by atoms with Gasteiger partial charge in [0.25, 0.3) is 0 Å². The van der Waals surface area contributed by atoms with E-state index in [4.69, 9.17) is 5.11 Å². The normalized spacial score (nSPS) is 10.3. The maximum Gasteiger partial charge on any atom is 0.335 e. The molecule has 3 nitrogen and oxygen atoms in total. The molecule has 0 atom stereocenters. The van der Waals surface area contributed by atoms with Crippen molar-refractivity contribution in [3.05, 3.63) is 53.1 Å². The highest BCUT2D eigenvalue weighted by Gasteiger charge is 2.09. The summed E-state index contributed by atoms with van der Waals surface area (Å²) >= 11 is 0. The van der Waals surface area contributed by atoms with Crippen LogP contribution in [0.25, 0.3) is 11.1 Å². The molecular formula is C15H14O3. The minimum absolute atomic E-state index is 0.0363. The van der Waals surface area contributed by atoms with Crippen LogP contribution in [0, 0.1) is 13.8 Å². The van der Waals surface area contributed by atoms with Gasteiger partial charge >= 0.3 is 5.97 Å². The number of benzene rings is 2. The van der Waals surface area contributed by atoms with Crippen LogP contribution >= 0.6 is 0 Å². The zero-order valence-electron chi connectivity index (χ0n) is 10.3. The molecule has 2 rings (SSSR count). The summed E-state index contributed by atoms with van der Waals surface area (Å²) in [5.74, 6) is -1.08. The Labute approximate surface area is 105 Å². The van der Waals surface area contributed by atoms with Crippen LogP contribution in [0.2, 0.25) is 0 Å². The number of hydrogen-bond donors (Lipinski definition) is 2. The van der Waals surface area contributed by atoms with Crippen molar-refractivity contribution in [2.24, 2.45) is 0 Å². The summed E-state index contributed by atoms with van der Waals surface area (Å²) in [6, 6.07) is 10.4. The van der Waals surface area contributed by atoms with Crippen molar-refractivity contribution >= 4 is 5.97 Å². The van der Waals surface area contributed by atoms with E-state index < -0.39 is 5.97 Å². The Morgan fingerprint density at radius 3 is 2.44 bits per heavy atom. The number of aromatic carboxylic acids is 1. The topological polar surface area (TPSA) is 57.5 Å². The van der Waals surface area contributed by atoms with Gasteiger partial charge in [0, 0.05) is 0 Å². The Kier molecular flexibility index (Phi) is 3.06. The summed E-state index contributed by atoms with van der Waals surface area (Å²) in [5.41, 5.74) is 3.88. The molecule has 0 unspecified atom stereocenters. The van der Waals surface area contributed by atoms with Gasteiger partial charge in [0.2, 0.25) is 0 Å². The molecule has 0 heterocycles. The van der Waals surface area contributed by atoms with Crippen LogP contribution in [-0.2, 0) is 0 Å². The monoisotopic (exact) mass is 242 g/mol. The Bertz CT molecular complexity index is 615. The molecule has 92 valence electrons. The third-order valence-electron chi connectivity index (χ3n) is 2.87. The molecule has 2 aromatic rings. The summed E-state index contributed by atoms with van der Waals surface area (Å²) in [4.78, 5) is 11.0. The van der Waals surface area contributed by atoms with Gasteiger partial charge in [-0.05, 0) is 48.7 Å². The zero-order valence-corrected chi connectivity index (χ0v) is 10.3. The van der Waals surface area contributed by atoms with Gasteiger partial charge in [0.1, 0.15) is 5.75 Å². The lowest BCUT2D eigenvalue weighted by Gasteiger charge is -2.09. The van der Waals surface area contributed by atoms with Crippen LogP contribution in [0.1, 0.15) is 21.5 Å². The summed E-state index contributed by atoms with van der Waals surface area (Å²) in [6.07, 6.45) is 0. The van der Waals surface area contributed by atoms with Gasteiger partial charge in [-0.1, -0.05) is 23.8 Å². The van der Waals surface area contributed by atoms with Crippen LogP contribution in [0.3, 0.4) is 0 Å². The molecule has 0 aliphatic heterocycles. The van der Waals surface area contributed by atoms with E-state index in [1.54, 1.807) is 12.1 Å². The molecule has 2 aromatic carbocycles. The lowest BCUT2D eigenvalue weighted by molar-refractivity contribution is 0.0696. The largest absolute Gasteiger partial charge is 0.508 e. The zero-order chi connectivity index (χ0) is 13.3. The summed E-state index contributed by atoms with van der Waals surface area (Å²) in [6.45, 7) is 3.93. The first-order valence-electron chi connectivity index (χ1n) is 5.62. The standard InChI is InChI=1S/C15H14O3/c1-9-3-4-10(2)14(5-9)11-6-12(15(17)18)8-13(16)7-11/h3-8,16H,1-2H3,(H,17,18). The Morgan fingerprint density at radius 2 is 1.78 bits per heavy atom. The molecule has 0 aliphatic rings. The van der Waals surface area contributed by atoms with E-state index in [9.17, 15) is 9.90 Å². The van der Waals surface area contributed by atoms with E-state index in [0.717, 1.165) is 16.7 Å². The predicted molar refractivity (Wildman–Crippen MR) is 70.0 cm³/mol. The Balaban J connectivity index is 2.63. The fraction of sp³-hybridized carbons (Fsp3) is 0.133. The summed E-state index contributed by atoms with van der Waals surface area (Å²) in [5, 5.41) is 18.6. The molecule has 0 bridgehead atoms. The lowest BCUT2D eigenvalue weighted by Crippen LogP contribution is -1.96. The van der Waals surface area contributed by atoms with Gasteiger partial charge in [-0.25, -0.2) is 4.79 Å². The minimum Gasteiger partial charge on any atom is -0.508 e. The third-order valence-corrected chi connectivity index (χ3v) is 2.87. The van der Waals surface area contributed by atoms with E-state index in [2.05, 4.69) is 0 Å². The maximum atomic E-state index is 11.0. The number of aryl methyl sites for hydroxylation is 2. The fourth-order valence-corrected chi connectivity index (χ4v) is 1.94. The van der Waals surface area contributed by atoms with Gasteiger partial charge in [-0.3, -0.25) is 0 Å². The second kappa shape index (κ2) is 4.53. The van der Waals surface area contributed by atoms with E-state index in [1.165, 1.54) is 6.07 Å². The number of aromatic hydroxyl groups is 1. The Morgan fingerprint density at radius 1 is 1.06 bits per heavy atom. The van der Waals surface area contributed by atoms with E-state index in [1.807, 2.05) is 32.0 Å². The number of carboxylic acids is 1. The molecule has 0 radical (unpaired) electrons. The molecular weight excluding hydrogens is 228 g/mol. The highest BCUT2D eigenvalue weighted by atomic mass is 16.4. The molecule has 0 fully saturated rings. The first-order chi connectivity index (χ1) is 8.47. The van der Waals surface area contributed by atoms with E-state index in [0.29, 0.717) is 5.56 Å². The van der Waals surface area contributed by atoms with Crippen molar-refractivity contribution in [1.29, 1.82) is 0 Å². The van der Waals surface area contributed by atoms with E-state index in [-0.39, 0.29) is 11.3 Å². The van der Waals surface area contributed by atoms with Gasteiger partial charge < -0.3 is 10.2 Å². The number of phenols is 1. The molecule has 2 N–H and O–H groups in total. The first-order valence-corrected chi connectivity index (χ1v) is 5.62. The maximum absolute atomic E-state index is 11.0. The van der Waals surface area contributed by atoms with Crippen molar-refractivity contribution in [1.82, 2.24) is 0 Å². The van der Waals surface area contributed by atoms with Crippen molar-refractivity contribution in [3.63, 3.8) is 0 Å². The van der Waals surface area contributed by atoms with Crippen LogP contribution < -0.4 is 0 Å². The number of carbonyl (C=O) groups is 1. The second-order valence-electron chi connectivity index (χ2n) is 4.39. The number of phenolic OH excluding ortho intramolecular Hbond substituents is 1. The number of hydrogen-bond acceptors (Lipinski definition) is 2. The van der Waals surface area contributed by atoms with E-state index >= 15 is 0 Å². The van der Waals surface area contributed by atoms with Gasteiger partial charge in [-0.15, -0.1) is 0 Å².